The van der Waals surface area contributed by atoms with E-state index in [-0.39, 0.29) is 0 Å². The summed E-state index contributed by atoms with van der Waals surface area (Å²) in [5.74, 6) is 0. The van der Waals surface area contributed by atoms with Gasteiger partial charge in [-0.1, -0.05) is 0 Å². The summed E-state index contributed by atoms with van der Waals surface area (Å²) in [6.45, 7) is 2.25. The first-order valence-corrected chi connectivity index (χ1v) is 7.47. The van der Waals surface area contributed by atoms with E-state index < -0.39 is 14.7 Å². The van der Waals surface area contributed by atoms with E-state index in [1.54, 1.807) is 4.36 Å². The number of benzene rings is 1. The van der Waals surface area contributed by atoms with Crippen LogP contribution in [0.5, 0.6) is 0 Å². The topological polar surface area (TPSA) is 0 Å². The van der Waals surface area contributed by atoms with Crippen LogP contribution in [0.15, 0.2) is 24.3 Å². The molecule has 1 atom stereocenters. The number of rotatable bonds is 0. The molecule has 1 heteroatoms. The Hall–Kier alpha value is -0.482. The van der Waals surface area contributed by atoms with Crippen molar-refractivity contribution in [2.24, 2.45) is 0 Å². The fourth-order valence-electron chi connectivity index (χ4n) is 1.34. The molecule has 1 radical (unpaired) electrons. The van der Waals surface area contributed by atoms with Crippen LogP contribution in [-0.2, 0) is 0 Å². The van der Waals surface area contributed by atoms with Gasteiger partial charge >= 0.3 is 71.2 Å². The van der Waals surface area contributed by atoms with Crippen LogP contribution in [0, 0.1) is 0 Å². The Morgan fingerprint density at radius 2 is 2.00 bits per heavy atom. The first kappa shape index (κ1) is 7.18. The van der Waals surface area contributed by atoms with Gasteiger partial charge in [-0.05, 0) is 0 Å². The van der Waals surface area contributed by atoms with Crippen LogP contribution in [-0.4, -0.2) is 14.7 Å². The fourth-order valence-corrected chi connectivity index (χ4v) is 4.03. The van der Waals surface area contributed by atoms with Crippen molar-refractivity contribution < 1.29 is 0 Å². The van der Waals surface area contributed by atoms with Crippen molar-refractivity contribution in [1.29, 1.82) is 0 Å². The Balaban J connectivity index is 2.89. The van der Waals surface area contributed by atoms with Gasteiger partial charge in [0.1, 0.15) is 0 Å². The number of fused-ring (bicyclic) bond motifs is 1. The molecule has 1 heterocycles. The average molecular weight is 205 g/mol. The summed E-state index contributed by atoms with van der Waals surface area (Å²) >= 11 is -0.828. The van der Waals surface area contributed by atoms with Crippen molar-refractivity contribution in [3.8, 4) is 0 Å². The molecule has 0 N–H and O–H groups in total. The summed E-state index contributed by atoms with van der Waals surface area (Å²) < 4.78 is 1.59. The molecule has 1 aromatic rings. The second-order valence-corrected chi connectivity index (χ2v) is 7.02. The zero-order valence-corrected chi connectivity index (χ0v) is 8.63. The zero-order valence-electron chi connectivity index (χ0n) is 6.76. The van der Waals surface area contributed by atoms with Gasteiger partial charge in [0.15, 0.2) is 0 Å². The summed E-state index contributed by atoms with van der Waals surface area (Å²) in [5, 5.41) is 2.78. The molecule has 0 spiro atoms. The van der Waals surface area contributed by atoms with Gasteiger partial charge in [0.2, 0.25) is 0 Å². The molecule has 0 saturated carbocycles. The van der Waals surface area contributed by atoms with Crippen LogP contribution in [0.1, 0.15) is 6.92 Å². The van der Waals surface area contributed by atoms with Crippen molar-refractivity contribution in [1.82, 2.24) is 0 Å². The summed E-state index contributed by atoms with van der Waals surface area (Å²) in [6, 6.07) is 8.57. The molecular formula is C10H10As. The van der Waals surface area contributed by atoms with E-state index in [2.05, 4.69) is 41.8 Å². The molecular weight excluding hydrogens is 195 g/mol. The molecule has 1 aliphatic rings. The maximum absolute atomic E-state index is 3.56. The Bertz CT molecular complexity index is 390. The molecule has 0 bridgehead atoms. The van der Waals surface area contributed by atoms with Gasteiger partial charge in [0.05, 0.1) is 0 Å². The van der Waals surface area contributed by atoms with Crippen molar-refractivity contribution in [2.45, 2.75) is 12.6 Å². The standard InChI is InChI=1S/C10H10As/c1-8-10-6-4-3-5-9(10)7-11(8)2/h3-6H,1-2H3. The molecule has 11 heavy (non-hydrogen) atoms. The molecule has 1 unspecified atom stereocenters. The predicted molar refractivity (Wildman–Crippen MR) is 49.8 cm³/mol. The molecule has 0 aliphatic carbocycles. The SMILES string of the molecule is CC1=c2ccccc2=[C][As]1C. The normalized spacial score (nSPS) is 21.3. The first-order valence-electron chi connectivity index (χ1n) is 3.72. The van der Waals surface area contributed by atoms with E-state index in [0.29, 0.717) is 0 Å². The summed E-state index contributed by atoms with van der Waals surface area (Å²) in [7, 11) is 0. The van der Waals surface area contributed by atoms with E-state index in [9.17, 15) is 0 Å². The van der Waals surface area contributed by atoms with Crippen LogP contribution in [0.3, 0.4) is 0 Å². The molecule has 0 fully saturated rings. The van der Waals surface area contributed by atoms with Crippen LogP contribution < -0.4 is 10.4 Å². The fraction of sp³-hybridized carbons (Fsp3) is 0.200. The van der Waals surface area contributed by atoms with E-state index in [4.69, 9.17) is 0 Å². The summed E-state index contributed by atoms with van der Waals surface area (Å²) in [6.07, 6.45) is 0. The predicted octanol–water partition coefficient (Wildman–Crippen LogP) is 0.731. The minimum absolute atomic E-state index is 0.828. The van der Waals surface area contributed by atoms with Gasteiger partial charge in [-0.15, -0.1) is 0 Å². The van der Waals surface area contributed by atoms with Gasteiger partial charge in [0.25, 0.3) is 0 Å². The molecule has 0 saturated heterocycles. The Morgan fingerprint density at radius 3 is 2.73 bits per heavy atom. The molecule has 1 aromatic carbocycles. The van der Waals surface area contributed by atoms with Crippen molar-refractivity contribution in [2.75, 3.05) is 0 Å². The van der Waals surface area contributed by atoms with Crippen LogP contribution in [0.4, 0.5) is 0 Å². The molecule has 0 amide bonds. The third-order valence-corrected chi connectivity index (χ3v) is 5.93. The van der Waals surface area contributed by atoms with Crippen molar-refractivity contribution in [3.05, 3.63) is 34.7 Å². The molecule has 1 aliphatic heterocycles. The van der Waals surface area contributed by atoms with Crippen LogP contribution in [0.25, 0.3) is 9.22 Å². The maximum atomic E-state index is 3.56. The zero-order chi connectivity index (χ0) is 7.84. The summed E-state index contributed by atoms with van der Waals surface area (Å²) in [4.78, 5) is 3.56. The van der Waals surface area contributed by atoms with Gasteiger partial charge < -0.3 is 0 Å². The Labute approximate surface area is 71.5 Å². The van der Waals surface area contributed by atoms with Gasteiger partial charge in [0, 0.05) is 0 Å². The van der Waals surface area contributed by atoms with Crippen molar-refractivity contribution >= 4 is 23.9 Å². The minimum atomic E-state index is -0.828. The first-order chi connectivity index (χ1) is 5.29. The van der Waals surface area contributed by atoms with Crippen LogP contribution in [0.2, 0.25) is 5.71 Å². The monoisotopic (exact) mass is 205 g/mol. The van der Waals surface area contributed by atoms with E-state index >= 15 is 0 Å². The third kappa shape index (κ3) is 1.06. The van der Waals surface area contributed by atoms with Gasteiger partial charge in [-0.2, -0.15) is 0 Å². The Kier molecular flexibility index (Phi) is 1.65. The second-order valence-electron chi connectivity index (χ2n) is 2.80. The summed E-state index contributed by atoms with van der Waals surface area (Å²) in [5.41, 5.74) is 2.34. The van der Waals surface area contributed by atoms with Gasteiger partial charge in [-0.3, -0.25) is 0 Å². The number of hydrogen-bond donors (Lipinski definition) is 0. The van der Waals surface area contributed by atoms with Crippen molar-refractivity contribution in [3.63, 3.8) is 0 Å². The quantitative estimate of drug-likeness (QED) is 0.548. The number of hydrogen-bond acceptors (Lipinski definition) is 0. The third-order valence-electron chi connectivity index (χ3n) is 2.11. The molecule has 0 aromatic heterocycles. The molecule has 55 valence electrons. The van der Waals surface area contributed by atoms with E-state index in [0.717, 1.165) is 0 Å². The van der Waals surface area contributed by atoms with Crippen LogP contribution >= 0.6 is 0 Å². The van der Waals surface area contributed by atoms with E-state index in [1.807, 2.05) is 0 Å². The Morgan fingerprint density at radius 1 is 1.27 bits per heavy atom. The van der Waals surface area contributed by atoms with Gasteiger partial charge in [-0.25, -0.2) is 0 Å². The van der Waals surface area contributed by atoms with E-state index in [1.165, 1.54) is 10.4 Å². The average Bonchev–Trinajstić information content (AvgIpc) is 2.30. The second kappa shape index (κ2) is 2.53. The molecule has 2 rings (SSSR count). The molecule has 0 nitrogen and oxygen atoms in total.